The molecule has 50 heavy (non-hydrogen) atoms. The van der Waals surface area contributed by atoms with Crippen LogP contribution in [0.15, 0.2) is 108 Å². The summed E-state index contributed by atoms with van der Waals surface area (Å²) in [4.78, 5) is 15.5. The number of aryl methyl sites for hydroxylation is 1. The van der Waals surface area contributed by atoms with Gasteiger partial charge in [-0.05, 0) is 58.2 Å². The summed E-state index contributed by atoms with van der Waals surface area (Å²) in [5, 5.41) is 7.64. The molecule has 11 heteroatoms. The molecule has 9 nitrogen and oxygen atoms in total. The second-order valence-corrected chi connectivity index (χ2v) is 15.0. The molecule has 0 bridgehead atoms. The number of rotatable bonds is 9. The molecule has 2 aliphatic carbocycles. The molecular weight excluding hydrogens is 654 g/mol. The lowest BCUT2D eigenvalue weighted by Gasteiger charge is -2.45. The minimum absolute atomic E-state index is 0.0224. The first-order valence-corrected chi connectivity index (χ1v) is 18.4. The minimum Gasteiger partial charge on any atom is -0.469 e. The lowest BCUT2D eigenvalue weighted by molar-refractivity contribution is 0.0919. The Hall–Kier alpha value is -5.00. The molecule has 2 amide bonds. The van der Waals surface area contributed by atoms with E-state index in [9.17, 15) is 9.17 Å². The number of anilines is 1. The molecule has 3 aliphatic rings. The number of nitrogens with zero attached hydrogens (tertiary/aromatic N) is 3. The van der Waals surface area contributed by atoms with Crippen LogP contribution in [0.25, 0.3) is 0 Å². The smallest absolute Gasteiger partial charge is 0.336 e. The van der Waals surface area contributed by atoms with E-state index in [1.165, 1.54) is 10.5 Å². The Balaban J connectivity index is 1.40. The molecule has 0 saturated heterocycles. The van der Waals surface area contributed by atoms with Gasteiger partial charge in [-0.25, -0.2) is 27.2 Å². The number of carbonyl (C=O) groups excluding carboxylic acids is 1. The van der Waals surface area contributed by atoms with Gasteiger partial charge < -0.3 is 14.8 Å². The Kier molecular flexibility index (Phi) is 8.19. The van der Waals surface area contributed by atoms with Crippen molar-refractivity contribution in [2.24, 2.45) is 0 Å². The molecule has 1 aromatic heterocycles. The maximum absolute atomic E-state index is 15.8. The van der Waals surface area contributed by atoms with E-state index < -0.39 is 33.8 Å². The Labute approximate surface area is 291 Å². The summed E-state index contributed by atoms with van der Waals surface area (Å²) >= 11 is 0. The van der Waals surface area contributed by atoms with Gasteiger partial charge in [-0.1, -0.05) is 97.1 Å². The van der Waals surface area contributed by atoms with Crippen LogP contribution in [0.4, 0.5) is 14.9 Å². The fourth-order valence-corrected chi connectivity index (χ4v) is 9.77. The zero-order chi connectivity index (χ0) is 34.5. The first-order valence-electron chi connectivity index (χ1n) is 16.9. The lowest BCUT2D eigenvalue weighted by Crippen LogP contribution is -2.55. The fraction of sp³-hybridized carbons (Fsp3) is 0.282. The summed E-state index contributed by atoms with van der Waals surface area (Å²) in [6, 6.07) is 29.5. The largest absolute Gasteiger partial charge is 0.469 e. The molecule has 256 valence electrons. The van der Waals surface area contributed by atoms with Crippen LogP contribution in [0.1, 0.15) is 45.4 Å². The van der Waals surface area contributed by atoms with Crippen molar-refractivity contribution in [3.8, 4) is 5.88 Å². The van der Waals surface area contributed by atoms with Gasteiger partial charge in [0.2, 0.25) is 5.88 Å². The highest BCUT2D eigenvalue weighted by Crippen LogP contribution is 2.48. The van der Waals surface area contributed by atoms with Gasteiger partial charge in [-0.2, -0.15) is 5.10 Å². The lowest BCUT2D eigenvalue weighted by atomic mass is 9.77. The first kappa shape index (κ1) is 32.2. The number of methoxy groups -OCH3 is 1. The Bertz CT molecular complexity index is 2060. The molecule has 8 rings (SSSR count). The first-order chi connectivity index (χ1) is 24.3. The topological polar surface area (TPSA) is 110 Å². The molecule has 0 fully saturated rings. The second-order valence-electron chi connectivity index (χ2n) is 13.1. The van der Waals surface area contributed by atoms with Gasteiger partial charge in [-0.3, -0.25) is 0 Å². The number of carbonyl (C=O) groups is 1. The average molecular weight is 692 g/mol. The molecule has 0 saturated carbocycles. The summed E-state index contributed by atoms with van der Waals surface area (Å²) in [7, 11) is -2.71. The normalized spacial score (nSPS) is 18.8. The van der Waals surface area contributed by atoms with Crippen LogP contribution < -0.4 is 10.1 Å². The molecule has 2 heterocycles. The van der Waals surface area contributed by atoms with Gasteiger partial charge in [0.15, 0.2) is 9.92 Å². The summed E-state index contributed by atoms with van der Waals surface area (Å²) in [5.74, 6) is 0.162. The van der Waals surface area contributed by atoms with Crippen LogP contribution in [0.3, 0.4) is 0 Å². The van der Waals surface area contributed by atoms with Crippen molar-refractivity contribution < 1.29 is 22.9 Å². The van der Waals surface area contributed by atoms with Gasteiger partial charge in [0.05, 0.1) is 19.3 Å². The van der Waals surface area contributed by atoms with Crippen LogP contribution in [-0.4, -0.2) is 50.3 Å². The van der Waals surface area contributed by atoms with Crippen molar-refractivity contribution in [1.29, 1.82) is 4.78 Å². The average Bonchev–Trinajstić information content (AvgIpc) is 3.92. The van der Waals surface area contributed by atoms with Crippen molar-refractivity contribution in [3.63, 3.8) is 0 Å². The predicted octanol–water partition coefficient (Wildman–Crippen LogP) is 7.06. The van der Waals surface area contributed by atoms with Gasteiger partial charge in [-0.15, -0.1) is 0 Å². The van der Waals surface area contributed by atoms with Gasteiger partial charge in [0.25, 0.3) is 0 Å². The van der Waals surface area contributed by atoms with Crippen molar-refractivity contribution in [3.05, 3.63) is 142 Å². The third-order valence-electron chi connectivity index (χ3n) is 10.1. The van der Waals surface area contributed by atoms with Crippen molar-refractivity contribution in [2.45, 2.75) is 61.4 Å². The van der Waals surface area contributed by atoms with Crippen LogP contribution >= 0.6 is 0 Å². The number of alkyl halides is 1. The van der Waals surface area contributed by atoms with Crippen LogP contribution in [0.5, 0.6) is 5.88 Å². The van der Waals surface area contributed by atoms with Gasteiger partial charge in [0.1, 0.15) is 22.7 Å². The molecule has 0 spiro atoms. The maximum Gasteiger partial charge on any atom is 0.336 e. The van der Waals surface area contributed by atoms with E-state index >= 15 is 9.00 Å². The summed E-state index contributed by atoms with van der Waals surface area (Å²) in [5.41, 5.74) is 4.59. The zero-order valence-corrected chi connectivity index (χ0v) is 28.5. The predicted molar refractivity (Wildman–Crippen MR) is 188 cm³/mol. The monoisotopic (exact) mass is 691 g/mol. The molecule has 2 N–H and O–H groups in total. The molecule has 4 aromatic carbocycles. The molecule has 1 aliphatic heterocycles. The van der Waals surface area contributed by atoms with E-state index in [4.69, 9.17) is 9.47 Å². The SMILES string of the molecule is COCC1Cn2ncc(S(=N)(=O)N(C(=O)Nc3c4c(cc5c3C[C@H](F)C5)CCC4)C(c3ccccc3)(c3ccccc3)c3ccccc3)c2O1. The van der Waals surface area contributed by atoms with Crippen LogP contribution in [0.2, 0.25) is 0 Å². The number of urea groups is 1. The van der Waals surface area contributed by atoms with Crippen molar-refractivity contribution in [2.75, 3.05) is 19.0 Å². The number of aromatic nitrogens is 2. The molecule has 5 aromatic rings. The second kappa shape index (κ2) is 12.7. The molecule has 0 radical (unpaired) electrons. The number of halogens is 1. The number of amides is 2. The van der Waals surface area contributed by atoms with Gasteiger partial charge in [0, 0.05) is 25.6 Å². The van der Waals surface area contributed by atoms with Gasteiger partial charge >= 0.3 is 6.03 Å². The van der Waals surface area contributed by atoms with E-state index in [0.29, 0.717) is 28.9 Å². The summed E-state index contributed by atoms with van der Waals surface area (Å²) in [6.45, 7) is 0.618. The number of ether oxygens (including phenoxy) is 2. The standard InChI is InChI=1S/C39H38FN5O4S/c1-48-25-32-24-44-37(49-32)35(23-42-44)50(41,47)45(38(46)43-36-33-19-11-12-26(33)20-27-21-31(40)22-34(27)36)39(28-13-5-2-6-14-28,29-15-7-3-8-16-29)30-17-9-4-10-18-30/h2-10,13-18,20,23,31-32,41H,11-12,19,21-22,24-25H2,1H3,(H,43,46)/t31-,32?,50?/m1/s1. The van der Waals surface area contributed by atoms with Crippen LogP contribution in [-0.2, 0) is 52.4 Å². The van der Waals surface area contributed by atoms with Crippen molar-refractivity contribution in [1.82, 2.24) is 14.1 Å². The Morgan fingerprint density at radius 2 is 1.60 bits per heavy atom. The summed E-state index contributed by atoms with van der Waals surface area (Å²) in [6.07, 6.45) is 2.88. The molecule has 3 atom stereocenters. The highest BCUT2D eigenvalue weighted by Gasteiger charge is 2.52. The maximum atomic E-state index is 15.8. The Morgan fingerprint density at radius 1 is 0.980 bits per heavy atom. The number of hydrogen-bond donors (Lipinski definition) is 2. The fourth-order valence-electron chi connectivity index (χ4n) is 8.01. The third kappa shape index (κ3) is 5.18. The molecule has 2 unspecified atom stereocenters. The highest BCUT2D eigenvalue weighted by atomic mass is 32.2. The van der Waals surface area contributed by atoms with Crippen LogP contribution in [0, 0.1) is 4.78 Å². The van der Waals surface area contributed by atoms with E-state index in [-0.39, 0.29) is 30.2 Å². The minimum atomic E-state index is -4.28. The number of fused-ring (bicyclic) bond motifs is 3. The third-order valence-corrected chi connectivity index (χ3v) is 11.9. The zero-order valence-electron chi connectivity index (χ0n) is 27.7. The summed E-state index contributed by atoms with van der Waals surface area (Å²) < 4.78 is 55.0. The van der Waals surface area contributed by atoms with E-state index in [2.05, 4.69) is 16.5 Å². The quantitative estimate of drug-likeness (QED) is 0.161. The Morgan fingerprint density at radius 3 is 2.20 bits per heavy atom. The van der Waals surface area contributed by atoms with E-state index in [0.717, 1.165) is 41.5 Å². The number of benzene rings is 4. The highest BCUT2D eigenvalue weighted by molar-refractivity contribution is 7.90. The molecular formula is C39H38FN5O4S. The van der Waals surface area contributed by atoms with Crippen molar-refractivity contribution >= 4 is 21.6 Å². The number of hydrogen-bond acceptors (Lipinski definition) is 6. The van der Waals surface area contributed by atoms with E-state index in [1.54, 1.807) is 11.8 Å². The van der Waals surface area contributed by atoms with E-state index in [1.807, 2.05) is 91.0 Å². The number of nitrogens with one attached hydrogen (secondary N) is 2.